The van der Waals surface area contributed by atoms with Crippen LogP contribution in [-0.2, 0) is 15.9 Å². The Balaban J connectivity index is 1.71. The number of ether oxygens (including phenoxy) is 3. The van der Waals surface area contributed by atoms with Crippen molar-refractivity contribution >= 4 is 0 Å². The van der Waals surface area contributed by atoms with Gasteiger partial charge in [-0.25, -0.2) is 19.1 Å². The molecule has 1 heterocycles. The van der Waals surface area contributed by atoms with E-state index in [4.69, 9.17) is 4.74 Å². The quantitative estimate of drug-likeness (QED) is 0.0890. The van der Waals surface area contributed by atoms with Gasteiger partial charge in [0.1, 0.15) is 6.61 Å². The first kappa shape index (κ1) is 42.2. The summed E-state index contributed by atoms with van der Waals surface area (Å²) < 4.78 is 194. The molecule has 2 rings (SSSR count). The van der Waals surface area contributed by atoms with Crippen LogP contribution in [0.4, 0.5) is 61.5 Å². The first-order chi connectivity index (χ1) is 22.6. The first-order valence-electron chi connectivity index (χ1n) is 15.0. The van der Waals surface area contributed by atoms with E-state index in [0.717, 1.165) is 11.1 Å². The van der Waals surface area contributed by atoms with Gasteiger partial charge in [-0.1, -0.05) is 44.0 Å². The minimum Gasteiger partial charge on any atom is -0.490 e. The molecule has 1 aromatic heterocycles. The van der Waals surface area contributed by atoms with Crippen molar-refractivity contribution in [3.63, 3.8) is 0 Å². The van der Waals surface area contributed by atoms with Gasteiger partial charge in [0, 0.05) is 12.2 Å². The van der Waals surface area contributed by atoms with Crippen molar-refractivity contribution in [2.45, 2.75) is 107 Å². The maximum atomic E-state index is 13.7. The average molecular weight is 737 g/mol. The molecule has 0 aliphatic heterocycles. The zero-order valence-corrected chi connectivity index (χ0v) is 25.9. The lowest BCUT2D eigenvalue weighted by atomic mass is 10.0. The van der Waals surface area contributed by atoms with Crippen LogP contribution in [0.3, 0.4) is 0 Å². The Labute approximate surface area is 272 Å². The zero-order valence-electron chi connectivity index (χ0n) is 25.9. The van der Waals surface area contributed by atoms with Crippen molar-refractivity contribution in [1.82, 2.24) is 9.97 Å². The smallest absolute Gasteiger partial charge is 0.460 e. The number of halogens is 14. The van der Waals surface area contributed by atoms with Gasteiger partial charge < -0.3 is 9.47 Å². The lowest BCUT2D eigenvalue weighted by molar-refractivity contribution is -0.503. The van der Waals surface area contributed by atoms with Crippen LogP contribution in [0, 0.1) is 0 Å². The molecule has 0 aliphatic rings. The van der Waals surface area contributed by atoms with Crippen molar-refractivity contribution in [1.29, 1.82) is 0 Å². The van der Waals surface area contributed by atoms with Crippen LogP contribution < -0.4 is 4.74 Å². The maximum absolute atomic E-state index is 13.7. The second-order valence-electron chi connectivity index (χ2n) is 11.0. The summed E-state index contributed by atoms with van der Waals surface area (Å²) >= 11 is 0. The second kappa shape index (κ2) is 17.3. The first-order valence-corrected chi connectivity index (χ1v) is 15.0. The summed E-state index contributed by atoms with van der Waals surface area (Å²) in [5.74, 6) is -20.2. The Hall–Kier alpha value is -2.96. The van der Waals surface area contributed by atoms with Gasteiger partial charge >= 0.3 is 36.2 Å². The molecule has 0 aliphatic carbocycles. The van der Waals surface area contributed by atoms with Gasteiger partial charge in [-0.05, 0) is 50.5 Å². The molecule has 19 heteroatoms. The third-order valence-electron chi connectivity index (χ3n) is 7.05. The van der Waals surface area contributed by atoms with Crippen LogP contribution in [0.1, 0.15) is 63.9 Å². The largest absolute Gasteiger partial charge is 0.490 e. The number of aromatic nitrogens is 2. The summed E-state index contributed by atoms with van der Waals surface area (Å²) in [5.41, 5.74) is 1.65. The van der Waals surface area contributed by atoms with Crippen LogP contribution in [-0.4, -0.2) is 72.1 Å². The molecule has 0 bridgehead atoms. The van der Waals surface area contributed by atoms with Crippen molar-refractivity contribution in [2.24, 2.45) is 0 Å². The topological polar surface area (TPSA) is 53.5 Å². The Morgan fingerprint density at radius 1 is 0.673 bits per heavy atom. The number of alkyl halides is 14. The molecule has 0 saturated heterocycles. The molecule has 0 unspecified atom stereocenters. The van der Waals surface area contributed by atoms with Gasteiger partial charge in [0.25, 0.3) is 0 Å². The van der Waals surface area contributed by atoms with Crippen molar-refractivity contribution in [3.8, 4) is 17.1 Å². The minimum absolute atomic E-state index is 0.00146. The molecule has 49 heavy (non-hydrogen) atoms. The van der Waals surface area contributed by atoms with E-state index >= 15 is 0 Å². The number of benzene rings is 1. The number of nitrogens with zero attached hydrogens (tertiary/aromatic N) is 2. The van der Waals surface area contributed by atoms with Crippen LogP contribution in [0.2, 0.25) is 0 Å². The number of unbranched alkanes of at least 4 members (excludes halogenated alkanes) is 4. The SMILES string of the molecule is CC[C@@H](F)CCCCOc1cnc(-c2ccc(CCCCCCOCC(F)(F)C(F)(F)OC(F)(F)C(F)(F)C(F)(F)C(F)(F)F)cc2)nc1. The number of hydrogen-bond donors (Lipinski definition) is 0. The standard InChI is InChI=1S/C30H34F14N2O3/c1-2-22(31)10-6-8-16-48-23-17-45-24(46-18-23)21-13-11-20(12-14-21)9-5-3-4-7-15-47-19-25(32,33)29(41,42)49-30(43,44)27(36,37)26(34,35)28(38,39)40/h11-14,17-18,22H,2-10,15-16,19H2,1H3/t22-/m1/s1. The van der Waals surface area contributed by atoms with E-state index in [0.29, 0.717) is 69.5 Å². The van der Waals surface area contributed by atoms with Crippen LogP contribution in [0.25, 0.3) is 11.4 Å². The van der Waals surface area contributed by atoms with Crippen molar-refractivity contribution in [2.75, 3.05) is 19.8 Å². The normalized spacial score (nSPS) is 14.3. The van der Waals surface area contributed by atoms with Gasteiger partial charge in [0.05, 0.1) is 25.2 Å². The Bertz CT molecular complexity index is 1260. The molecular weight excluding hydrogens is 702 g/mol. The molecule has 280 valence electrons. The van der Waals surface area contributed by atoms with E-state index in [1.54, 1.807) is 19.1 Å². The molecule has 1 aromatic carbocycles. The van der Waals surface area contributed by atoms with Crippen LogP contribution >= 0.6 is 0 Å². The zero-order chi connectivity index (χ0) is 37.2. The maximum Gasteiger partial charge on any atom is 0.460 e. The molecule has 0 amide bonds. The summed E-state index contributed by atoms with van der Waals surface area (Å²) in [6.07, 6.45) is -14.7. The fourth-order valence-electron chi connectivity index (χ4n) is 4.05. The van der Waals surface area contributed by atoms with Gasteiger partial charge in [-0.15, -0.1) is 0 Å². The van der Waals surface area contributed by atoms with E-state index < -0.39 is 55.5 Å². The highest BCUT2D eigenvalue weighted by molar-refractivity contribution is 5.55. The highest BCUT2D eigenvalue weighted by Gasteiger charge is 2.84. The van der Waals surface area contributed by atoms with E-state index in [1.165, 1.54) is 12.4 Å². The molecule has 0 saturated carbocycles. The van der Waals surface area contributed by atoms with Crippen LogP contribution in [0.15, 0.2) is 36.7 Å². The lowest BCUT2D eigenvalue weighted by Gasteiger charge is -2.36. The predicted molar refractivity (Wildman–Crippen MR) is 147 cm³/mol. The summed E-state index contributed by atoms with van der Waals surface area (Å²) in [7, 11) is 0. The Kier molecular flexibility index (Phi) is 14.9. The number of hydrogen-bond acceptors (Lipinski definition) is 5. The summed E-state index contributed by atoms with van der Waals surface area (Å²) in [5, 5.41) is 0. The fraction of sp³-hybridized carbons (Fsp3) is 0.667. The fourth-order valence-corrected chi connectivity index (χ4v) is 4.05. The van der Waals surface area contributed by atoms with E-state index in [1.807, 2.05) is 16.9 Å². The molecule has 0 spiro atoms. The second-order valence-corrected chi connectivity index (χ2v) is 11.0. The van der Waals surface area contributed by atoms with Gasteiger partial charge in [-0.3, -0.25) is 0 Å². The van der Waals surface area contributed by atoms with Gasteiger partial charge in [-0.2, -0.15) is 57.1 Å². The molecule has 1 atom stereocenters. The highest BCUT2D eigenvalue weighted by Crippen LogP contribution is 2.55. The summed E-state index contributed by atoms with van der Waals surface area (Å²) in [6, 6.07) is 7.24. The lowest BCUT2D eigenvalue weighted by Crippen LogP contribution is -2.64. The monoisotopic (exact) mass is 736 g/mol. The number of aryl methyl sites for hydroxylation is 1. The number of rotatable bonds is 22. The molecule has 5 nitrogen and oxygen atoms in total. The van der Waals surface area contributed by atoms with Crippen molar-refractivity contribution < 1.29 is 75.7 Å². The molecule has 2 aromatic rings. The van der Waals surface area contributed by atoms with Gasteiger partial charge in [0.2, 0.25) is 0 Å². The Morgan fingerprint density at radius 2 is 1.24 bits per heavy atom. The summed E-state index contributed by atoms with van der Waals surface area (Å²) in [4.78, 5) is 8.54. The van der Waals surface area contributed by atoms with E-state index in [-0.39, 0.29) is 6.42 Å². The third kappa shape index (κ3) is 11.5. The van der Waals surface area contributed by atoms with Crippen LogP contribution in [0.5, 0.6) is 5.75 Å². The predicted octanol–water partition coefficient (Wildman–Crippen LogP) is 10.2. The molecule has 0 radical (unpaired) electrons. The van der Waals surface area contributed by atoms with E-state index in [9.17, 15) is 61.5 Å². The highest BCUT2D eigenvalue weighted by atomic mass is 19.4. The van der Waals surface area contributed by atoms with Gasteiger partial charge in [0.15, 0.2) is 11.6 Å². The van der Waals surface area contributed by atoms with Crippen molar-refractivity contribution in [3.05, 3.63) is 42.2 Å². The molecular formula is C30H34F14N2O3. The molecule has 0 fully saturated rings. The third-order valence-corrected chi connectivity index (χ3v) is 7.05. The molecule has 0 N–H and O–H groups in total. The average Bonchev–Trinajstić information content (AvgIpc) is 3.01. The minimum atomic E-state index is -7.67. The van der Waals surface area contributed by atoms with E-state index in [2.05, 4.69) is 14.7 Å². The summed E-state index contributed by atoms with van der Waals surface area (Å²) in [6.45, 7) is -0.839. The Morgan fingerprint density at radius 3 is 1.82 bits per heavy atom.